The largest absolute Gasteiger partial charge is 0.512 e. The number of aliphatic carboxylic acids is 1. The minimum absolute atomic E-state index is 0.131. The van der Waals surface area contributed by atoms with Crippen molar-refractivity contribution in [1.82, 2.24) is 14.8 Å². The number of hydrogen-bond donors (Lipinski definition) is 1. The molecule has 1 aliphatic heterocycles. The molecule has 19 heteroatoms. The first-order valence-corrected chi connectivity index (χ1v) is 17.4. The Morgan fingerprint density at radius 3 is 2.49 bits per heavy atom. The van der Waals surface area contributed by atoms with E-state index in [-0.39, 0.29) is 36.4 Å². The van der Waals surface area contributed by atoms with Crippen LogP contribution in [0.2, 0.25) is 0 Å². The summed E-state index contributed by atoms with van der Waals surface area (Å²) in [5.74, 6) is -5.93. The van der Waals surface area contributed by atoms with Crippen LogP contribution in [0.5, 0.6) is 0 Å². The number of nitrogens with zero attached hydrogens (tertiary/aromatic N) is 4. The standard InChI is InChI=1S/C36H35F3N4O11S/c1-22(55-27-17-50-34(51-18-27)6-4-3-5-25-8-7-24(16-40)13-29(25)38)36(19-43-21-41-20-42-43,28-10-9-26(37)14-30(28)39)54-35(48)53-23(2)52-32(46)11-12-49-33(47)15-31(44)45/h3-10,13-14,20-23,27,34H,11-12,15,17-19H2,1-2H3,(H,44,45). The average molecular weight is 789 g/mol. The molecule has 0 spiro atoms. The Morgan fingerprint density at radius 2 is 1.84 bits per heavy atom. The van der Waals surface area contributed by atoms with Crippen LogP contribution in [0, 0.1) is 28.8 Å². The molecule has 1 aromatic heterocycles. The molecule has 3 aromatic rings. The molecule has 0 amide bonds. The Hall–Kier alpha value is -5.71. The van der Waals surface area contributed by atoms with Gasteiger partial charge in [-0.15, -0.1) is 11.8 Å². The van der Waals surface area contributed by atoms with Crippen LogP contribution in [-0.2, 0) is 55.0 Å². The second-order valence-corrected chi connectivity index (χ2v) is 13.3. The molecule has 1 fully saturated rings. The fourth-order valence-corrected chi connectivity index (χ4v) is 6.49. The molecule has 1 saturated heterocycles. The number of carboxylic acids is 1. The van der Waals surface area contributed by atoms with E-state index in [1.165, 1.54) is 54.2 Å². The first kappa shape index (κ1) is 42.0. The second kappa shape index (κ2) is 20.1. The van der Waals surface area contributed by atoms with E-state index in [9.17, 15) is 28.0 Å². The molecular weight excluding hydrogens is 753 g/mol. The Kier molecular flexibility index (Phi) is 15.4. The number of carbonyl (C=O) groups excluding carboxylic acids is 3. The van der Waals surface area contributed by atoms with Crippen LogP contribution in [0.4, 0.5) is 18.0 Å². The van der Waals surface area contributed by atoms with Gasteiger partial charge in [0.05, 0.1) is 43.1 Å². The highest BCUT2D eigenvalue weighted by Gasteiger charge is 2.47. The third-order valence-corrected chi connectivity index (χ3v) is 9.12. The van der Waals surface area contributed by atoms with Crippen molar-refractivity contribution in [1.29, 1.82) is 5.26 Å². The van der Waals surface area contributed by atoms with Crippen molar-refractivity contribution >= 4 is 41.9 Å². The highest BCUT2D eigenvalue weighted by Crippen LogP contribution is 2.42. The van der Waals surface area contributed by atoms with Crippen molar-refractivity contribution in [2.75, 3.05) is 19.8 Å². The molecule has 0 bridgehead atoms. The number of hydrogen-bond acceptors (Lipinski definition) is 14. The molecule has 0 saturated carbocycles. The first-order chi connectivity index (χ1) is 26.3. The molecule has 1 aliphatic rings. The lowest BCUT2D eigenvalue weighted by molar-refractivity contribution is -0.173. The molecule has 292 valence electrons. The summed E-state index contributed by atoms with van der Waals surface area (Å²) in [7, 11) is 0. The zero-order valence-electron chi connectivity index (χ0n) is 29.3. The summed E-state index contributed by atoms with van der Waals surface area (Å²) in [5, 5.41) is 20.4. The maximum Gasteiger partial charge on any atom is 0.512 e. The number of carboxylic acid groups (broad SMARTS) is 1. The van der Waals surface area contributed by atoms with Crippen molar-refractivity contribution in [2.45, 2.75) is 61.9 Å². The third-order valence-electron chi connectivity index (χ3n) is 7.67. The second-order valence-electron chi connectivity index (χ2n) is 11.7. The summed E-state index contributed by atoms with van der Waals surface area (Å²) in [6.07, 6.45) is 3.70. The predicted molar refractivity (Wildman–Crippen MR) is 185 cm³/mol. The van der Waals surface area contributed by atoms with E-state index in [1.807, 2.05) is 6.07 Å². The van der Waals surface area contributed by atoms with Crippen LogP contribution in [-0.4, -0.2) is 86.8 Å². The van der Waals surface area contributed by atoms with Crippen molar-refractivity contribution in [3.05, 3.63) is 101 Å². The number of allylic oxidation sites excluding steroid dienone is 2. The van der Waals surface area contributed by atoms with Gasteiger partial charge in [0.1, 0.15) is 43.1 Å². The number of ether oxygens (including phenoxy) is 6. The minimum Gasteiger partial charge on any atom is -0.481 e. The topological polar surface area (TPSA) is 198 Å². The molecule has 1 N–H and O–H groups in total. The van der Waals surface area contributed by atoms with E-state index in [4.69, 9.17) is 34.1 Å². The molecule has 2 aromatic carbocycles. The Morgan fingerprint density at radius 1 is 1.07 bits per heavy atom. The van der Waals surface area contributed by atoms with Crippen LogP contribution in [0.15, 0.2) is 67.3 Å². The monoisotopic (exact) mass is 788 g/mol. The van der Waals surface area contributed by atoms with Crippen LogP contribution < -0.4 is 0 Å². The maximum atomic E-state index is 15.6. The highest BCUT2D eigenvalue weighted by molar-refractivity contribution is 8.00. The van der Waals surface area contributed by atoms with E-state index in [0.717, 1.165) is 18.2 Å². The van der Waals surface area contributed by atoms with Gasteiger partial charge in [-0.1, -0.05) is 24.3 Å². The predicted octanol–water partition coefficient (Wildman–Crippen LogP) is 5.05. The van der Waals surface area contributed by atoms with Crippen molar-refractivity contribution in [3.8, 4) is 6.07 Å². The van der Waals surface area contributed by atoms with E-state index < -0.39 is 89.6 Å². The zero-order chi connectivity index (χ0) is 40.0. The number of halogens is 3. The van der Waals surface area contributed by atoms with Crippen LogP contribution in [0.3, 0.4) is 0 Å². The van der Waals surface area contributed by atoms with Crippen LogP contribution in [0.25, 0.3) is 6.08 Å². The lowest BCUT2D eigenvalue weighted by atomic mass is 9.89. The number of thioether (sulfide) groups is 1. The van der Waals surface area contributed by atoms with Gasteiger partial charge < -0.3 is 33.5 Å². The summed E-state index contributed by atoms with van der Waals surface area (Å²) >= 11 is 1.20. The molecule has 3 unspecified atom stereocenters. The van der Waals surface area contributed by atoms with Crippen molar-refractivity contribution in [2.24, 2.45) is 0 Å². The van der Waals surface area contributed by atoms with Crippen molar-refractivity contribution < 1.29 is 65.9 Å². The molecule has 4 rings (SSSR count). The Bertz CT molecular complexity index is 1920. The molecule has 15 nitrogen and oxygen atoms in total. The van der Waals surface area contributed by atoms with Gasteiger partial charge in [-0.3, -0.25) is 14.4 Å². The van der Waals surface area contributed by atoms with E-state index >= 15 is 4.39 Å². The van der Waals surface area contributed by atoms with Gasteiger partial charge in [-0.2, -0.15) is 10.4 Å². The molecule has 0 radical (unpaired) electrons. The maximum absolute atomic E-state index is 15.6. The SMILES string of the molecule is CC(OC(=O)CCOC(=O)CC(=O)O)OC(=O)OC(Cn1cncn1)(c1ccc(F)cc1F)C(C)SC1COC(C=CC=Cc2ccc(C#N)cc2F)OC1. The smallest absolute Gasteiger partial charge is 0.481 e. The normalized spacial score (nSPS) is 17.8. The number of benzene rings is 2. The lowest BCUT2D eigenvalue weighted by Crippen LogP contribution is -2.47. The number of aromatic nitrogens is 3. The number of nitriles is 1. The summed E-state index contributed by atoms with van der Waals surface area (Å²) in [6.45, 7) is 2.25. The summed E-state index contributed by atoms with van der Waals surface area (Å²) in [4.78, 5) is 51.4. The highest BCUT2D eigenvalue weighted by atomic mass is 32.2. The molecular formula is C36H35F3N4O11S. The average Bonchev–Trinajstić information content (AvgIpc) is 3.63. The van der Waals surface area contributed by atoms with E-state index in [0.29, 0.717) is 6.07 Å². The van der Waals surface area contributed by atoms with Gasteiger partial charge in [-0.05, 0) is 37.3 Å². The van der Waals surface area contributed by atoms with Gasteiger partial charge >= 0.3 is 24.1 Å². The van der Waals surface area contributed by atoms with Gasteiger partial charge in [-0.25, -0.2) is 27.6 Å². The Balaban J connectivity index is 1.45. The van der Waals surface area contributed by atoms with Gasteiger partial charge in [0.15, 0.2) is 11.9 Å². The van der Waals surface area contributed by atoms with Crippen LogP contribution in [0.1, 0.15) is 43.4 Å². The summed E-state index contributed by atoms with van der Waals surface area (Å²) < 4.78 is 77.6. The number of carbonyl (C=O) groups is 4. The molecule has 3 atom stereocenters. The third kappa shape index (κ3) is 12.7. The fourth-order valence-electron chi connectivity index (χ4n) is 5.12. The fraction of sp³-hybridized carbons (Fsp3) is 0.361. The molecule has 55 heavy (non-hydrogen) atoms. The van der Waals surface area contributed by atoms with Gasteiger partial charge in [0.2, 0.25) is 6.29 Å². The quantitative estimate of drug-likeness (QED) is 0.0627. The van der Waals surface area contributed by atoms with E-state index in [2.05, 4.69) is 14.8 Å². The van der Waals surface area contributed by atoms with Gasteiger partial charge in [0, 0.05) is 29.4 Å². The lowest BCUT2D eigenvalue weighted by Gasteiger charge is -2.40. The summed E-state index contributed by atoms with van der Waals surface area (Å²) in [5.41, 5.74) is -1.72. The Labute approximate surface area is 316 Å². The van der Waals surface area contributed by atoms with Gasteiger partial charge in [0.25, 0.3) is 0 Å². The zero-order valence-corrected chi connectivity index (χ0v) is 30.2. The molecule has 2 heterocycles. The summed E-state index contributed by atoms with van der Waals surface area (Å²) in [6, 6.07) is 8.71. The molecule has 0 aliphatic carbocycles. The number of rotatable bonds is 17. The van der Waals surface area contributed by atoms with E-state index in [1.54, 1.807) is 25.2 Å². The minimum atomic E-state index is -1.96. The van der Waals surface area contributed by atoms with Crippen LogP contribution >= 0.6 is 11.8 Å². The van der Waals surface area contributed by atoms with Crippen molar-refractivity contribution in [3.63, 3.8) is 0 Å². The first-order valence-electron chi connectivity index (χ1n) is 16.5. The number of esters is 2.